The van der Waals surface area contributed by atoms with Crippen LogP contribution in [0.4, 0.5) is 9.18 Å². The third-order valence-corrected chi connectivity index (χ3v) is 4.26. The van der Waals surface area contributed by atoms with Crippen molar-refractivity contribution >= 4 is 17.8 Å². The van der Waals surface area contributed by atoms with Gasteiger partial charge in [-0.1, -0.05) is 0 Å². The molecule has 0 saturated carbocycles. The van der Waals surface area contributed by atoms with Crippen LogP contribution in [0, 0.1) is 5.82 Å². The van der Waals surface area contributed by atoms with Crippen molar-refractivity contribution in [1.29, 1.82) is 0 Å². The third-order valence-electron chi connectivity index (χ3n) is 4.26. The average Bonchev–Trinajstić information content (AvgIpc) is 2.59. The molecule has 7 heteroatoms. The number of carbonyl (C=O) groups is 3. The van der Waals surface area contributed by atoms with Crippen molar-refractivity contribution in [1.82, 2.24) is 10.2 Å². The van der Waals surface area contributed by atoms with E-state index in [-0.39, 0.29) is 36.7 Å². The molecule has 1 fully saturated rings. The van der Waals surface area contributed by atoms with E-state index in [2.05, 4.69) is 5.32 Å². The molecule has 2 amide bonds. The number of hydrogen-bond donors (Lipinski definition) is 1. The molecule has 1 aromatic rings. The van der Waals surface area contributed by atoms with Crippen molar-refractivity contribution < 1.29 is 23.5 Å². The number of Topliss-reactive ketones (excluding diaryl/α,β-unsaturated/α-hetero) is 1. The number of carbonyl (C=O) groups excluding carboxylic acids is 3. The molecule has 0 bridgehead atoms. The predicted molar refractivity (Wildman–Crippen MR) is 98.9 cm³/mol. The fraction of sp³-hybridized carbons (Fsp3) is 0.550. The zero-order valence-electron chi connectivity index (χ0n) is 16.1. The molecule has 1 aliphatic rings. The molecule has 1 saturated heterocycles. The topological polar surface area (TPSA) is 75.7 Å². The molecule has 0 unspecified atom stereocenters. The molecule has 1 heterocycles. The number of piperidine rings is 1. The summed E-state index contributed by atoms with van der Waals surface area (Å²) in [4.78, 5) is 37.8. The van der Waals surface area contributed by atoms with Crippen LogP contribution >= 0.6 is 0 Å². The number of rotatable bonds is 5. The zero-order valence-corrected chi connectivity index (χ0v) is 16.1. The minimum Gasteiger partial charge on any atom is -0.444 e. The van der Waals surface area contributed by atoms with Crippen LogP contribution in [0.15, 0.2) is 24.3 Å². The number of nitrogens with zero attached hydrogens (tertiary/aromatic N) is 1. The number of halogens is 1. The SMILES string of the molecule is CC(C)(C)OC(=O)N1CCC(NC(=O)CCC(=O)c2ccc(F)cc2)CC1. The zero-order chi connectivity index (χ0) is 20.0. The predicted octanol–water partition coefficient (Wildman–Crippen LogP) is 3.30. The summed E-state index contributed by atoms with van der Waals surface area (Å²) in [6.45, 7) is 6.52. The Balaban J connectivity index is 1.70. The minimum atomic E-state index is -0.529. The largest absolute Gasteiger partial charge is 0.444 e. The minimum absolute atomic E-state index is 0.0166. The van der Waals surface area contributed by atoms with E-state index in [0.717, 1.165) is 0 Å². The Morgan fingerprint density at radius 2 is 1.70 bits per heavy atom. The molecule has 0 aromatic heterocycles. The van der Waals surface area contributed by atoms with Crippen molar-refractivity contribution in [2.75, 3.05) is 13.1 Å². The van der Waals surface area contributed by atoms with Crippen LogP contribution < -0.4 is 5.32 Å². The van der Waals surface area contributed by atoms with Crippen LogP contribution in [0.25, 0.3) is 0 Å². The van der Waals surface area contributed by atoms with E-state index < -0.39 is 11.4 Å². The molecule has 27 heavy (non-hydrogen) atoms. The van der Waals surface area contributed by atoms with Gasteiger partial charge in [-0.05, 0) is 57.9 Å². The lowest BCUT2D eigenvalue weighted by molar-refractivity contribution is -0.122. The van der Waals surface area contributed by atoms with Gasteiger partial charge in [0.2, 0.25) is 5.91 Å². The fourth-order valence-electron chi connectivity index (χ4n) is 2.84. The first kappa shape index (κ1) is 20.9. The van der Waals surface area contributed by atoms with Gasteiger partial charge in [-0.2, -0.15) is 0 Å². The Labute approximate surface area is 159 Å². The third kappa shape index (κ3) is 7.00. The number of benzene rings is 1. The highest BCUT2D eigenvalue weighted by Crippen LogP contribution is 2.16. The van der Waals surface area contributed by atoms with Gasteiger partial charge < -0.3 is 15.0 Å². The van der Waals surface area contributed by atoms with Crippen LogP contribution in [0.2, 0.25) is 0 Å². The smallest absolute Gasteiger partial charge is 0.410 e. The Morgan fingerprint density at radius 3 is 2.26 bits per heavy atom. The number of nitrogens with one attached hydrogen (secondary N) is 1. The van der Waals surface area contributed by atoms with E-state index in [1.807, 2.05) is 20.8 Å². The summed E-state index contributed by atoms with van der Waals surface area (Å²) < 4.78 is 18.2. The summed E-state index contributed by atoms with van der Waals surface area (Å²) >= 11 is 0. The summed E-state index contributed by atoms with van der Waals surface area (Å²) in [7, 11) is 0. The number of ketones is 1. The summed E-state index contributed by atoms with van der Waals surface area (Å²) in [6.07, 6.45) is 1.13. The number of hydrogen-bond acceptors (Lipinski definition) is 4. The molecule has 0 atom stereocenters. The van der Waals surface area contributed by atoms with Gasteiger partial charge in [0.25, 0.3) is 0 Å². The van der Waals surface area contributed by atoms with E-state index >= 15 is 0 Å². The van der Waals surface area contributed by atoms with Gasteiger partial charge in [0.1, 0.15) is 11.4 Å². The highest BCUT2D eigenvalue weighted by molar-refractivity contribution is 5.97. The molecule has 0 aliphatic carbocycles. The Bertz CT molecular complexity index is 674. The first-order chi connectivity index (χ1) is 12.6. The van der Waals surface area contributed by atoms with Crippen LogP contribution in [0.1, 0.15) is 56.8 Å². The van der Waals surface area contributed by atoms with E-state index in [9.17, 15) is 18.8 Å². The van der Waals surface area contributed by atoms with Gasteiger partial charge in [0, 0.05) is 37.5 Å². The van der Waals surface area contributed by atoms with Crippen LogP contribution in [0.5, 0.6) is 0 Å². The molecular formula is C20H27FN2O4. The Hall–Kier alpha value is -2.44. The summed E-state index contributed by atoms with van der Waals surface area (Å²) in [6, 6.07) is 5.28. The standard InChI is InChI=1S/C20H27FN2O4/c1-20(2,3)27-19(26)23-12-10-16(11-13-23)22-18(25)9-8-17(24)14-4-6-15(21)7-5-14/h4-7,16H,8-13H2,1-3H3,(H,22,25). The second-order valence-corrected chi connectivity index (χ2v) is 7.74. The van der Waals surface area contributed by atoms with Crippen LogP contribution in [-0.4, -0.2) is 47.4 Å². The van der Waals surface area contributed by atoms with Gasteiger partial charge >= 0.3 is 6.09 Å². The molecule has 0 spiro atoms. The van der Waals surface area contributed by atoms with Gasteiger partial charge in [-0.3, -0.25) is 9.59 Å². The highest BCUT2D eigenvalue weighted by atomic mass is 19.1. The second-order valence-electron chi connectivity index (χ2n) is 7.74. The van der Waals surface area contributed by atoms with E-state index in [4.69, 9.17) is 4.74 Å². The monoisotopic (exact) mass is 378 g/mol. The quantitative estimate of drug-likeness (QED) is 0.798. The lowest BCUT2D eigenvalue weighted by Gasteiger charge is -2.33. The molecule has 6 nitrogen and oxygen atoms in total. The van der Waals surface area contributed by atoms with Crippen molar-refractivity contribution in [2.24, 2.45) is 0 Å². The van der Waals surface area contributed by atoms with Crippen LogP contribution in [0.3, 0.4) is 0 Å². The first-order valence-electron chi connectivity index (χ1n) is 9.20. The lowest BCUT2D eigenvalue weighted by Crippen LogP contribution is -2.47. The van der Waals surface area contributed by atoms with Crippen LogP contribution in [-0.2, 0) is 9.53 Å². The van der Waals surface area contributed by atoms with Crippen molar-refractivity contribution in [3.63, 3.8) is 0 Å². The molecular weight excluding hydrogens is 351 g/mol. The second kappa shape index (κ2) is 8.97. The summed E-state index contributed by atoms with van der Waals surface area (Å²) in [5.74, 6) is -0.784. The normalized spacial score (nSPS) is 15.3. The maximum absolute atomic E-state index is 12.9. The van der Waals surface area contributed by atoms with E-state index in [1.165, 1.54) is 24.3 Å². The highest BCUT2D eigenvalue weighted by Gasteiger charge is 2.27. The maximum Gasteiger partial charge on any atom is 0.410 e. The van der Waals surface area contributed by atoms with Gasteiger partial charge in [-0.25, -0.2) is 9.18 Å². The molecule has 1 aromatic carbocycles. The van der Waals surface area contributed by atoms with E-state index in [1.54, 1.807) is 4.90 Å². The lowest BCUT2D eigenvalue weighted by atomic mass is 10.0. The van der Waals surface area contributed by atoms with Crippen molar-refractivity contribution in [2.45, 2.75) is 58.1 Å². The molecule has 148 valence electrons. The number of amides is 2. The number of ether oxygens (including phenoxy) is 1. The molecule has 1 aliphatic heterocycles. The molecule has 1 N–H and O–H groups in total. The summed E-state index contributed by atoms with van der Waals surface area (Å²) in [5, 5.41) is 2.91. The molecule has 2 rings (SSSR count). The summed E-state index contributed by atoms with van der Waals surface area (Å²) in [5.41, 5.74) is -0.131. The van der Waals surface area contributed by atoms with Crippen molar-refractivity contribution in [3.05, 3.63) is 35.6 Å². The van der Waals surface area contributed by atoms with Gasteiger partial charge in [0.15, 0.2) is 5.78 Å². The Kier molecular flexibility index (Phi) is 6.93. The average molecular weight is 378 g/mol. The van der Waals surface area contributed by atoms with E-state index in [0.29, 0.717) is 31.5 Å². The Morgan fingerprint density at radius 1 is 1.11 bits per heavy atom. The van der Waals surface area contributed by atoms with Gasteiger partial charge in [0.05, 0.1) is 0 Å². The number of likely N-dealkylation sites (tertiary alicyclic amines) is 1. The van der Waals surface area contributed by atoms with Crippen molar-refractivity contribution in [3.8, 4) is 0 Å². The fourth-order valence-corrected chi connectivity index (χ4v) is 2.84. The maximum atomic E-state index is 12.9. The first-order valence-corrected chi connectivity index (χ1v) is 9.20. The van der Waals surface area contributed by atoms with Gasteiger partial charge in [-0.15, -0.1) is 0 Å². The molecule has 0 radical (unpaired) electrons.